The van der Waals surface area contributed by atoms with Crippen LogP contribution in [0.3, 0.4) is 0 Å². The first-order chi connectivity index (χ1) is 14.9. The molecule has 2 atom stereocenters. The third-order valence-corrected chi connectivity index (χ3v) is 7.53. The van der Waals surface area contributed by atoms with E-state index in [-0.39, 0.29) is 33.4 Å². The predicted molar refractivity (Wildman–Crippen MR) is 114 cm³/mol. The number of aromatic nitrogens is 4. The number of benzene rings is 1. The Labute approximate surface area is 184 Å². The summed E-state index contributed by atoms with van der Waals surface area (Å²) in [6, 6.07) is 5.24. The van der Waals surface area contributed by atoms with Gasteiger partial charge >= 0.3 is 0 Å². The van der Waals surface area contributed by atoms with Gasteiger partial charge in [0.1, 0.15) is 11.6 Å². The summed E-state index contributed by atoms with van der Waals surface area (Å²) in [7, 11) is 1.86. The van der Waals surface area contributed by atoms with E-state index < -0.39 is 11.6 Å². The Kier molecular flexibility index (Phi) is 4.90. The number of rotatable bonds is 3. The van der Waals surface area contributed by atoms with Crippen LogP contribution in [-0.4, -0.2) is 37.3 Å². The summed E-state index contributed by atoms with van der Waals surface area (Å²) in [4.78, 5) is 16.3. The molecular formula is C21H17F2N5OS2. The largest absolute Gasteiger partial charge is 0.328 e. The fourth-order valence-corrected chi connectivity index (χ4v) is 5.78. The first-order valence-corrected chi connectivity index (χ1v) is 11.3. The van der Waals surface area contributed by atoms with Crippen LogP contribution in [0.1, 0.15) is 44.7 Å². The Hall–Kier alpha value is -2.98. The van der Waals surface area contributed by atoms with E-state index in [2.05, 4.69) is 21.4 Å². The molecule has 10 heteroatoms. The Bertz CT molecular complexity index is 1280. The number of nitrogens with zero attached hydrogens (tertiary/aromatic N) is 5. The number of carbonyl (C=O) groups is 1. The van der Waals surface area contributed by atoms with Crippen LogP contribution in [0.4, 0.5) is 8.78 Å². The second-order valence-electron chi connectivity index (χ2n) is 7.41. The molecule has 0 saturated heterocycles. The molecule has 1 amide bonds. The molecule has 31 heavy (non-hydrogen) atoms. The topological polar surface area (TPSA) is 63.9 Å². The van der Waals surface area contributed by atoms with Crippen molar-refractivity contribution in [2.75, 3.05) is 6.54 Å². The van der Waals surface area contributed by atoms with Gasteiger partial charge in [-0.2, -0.15) is 5.10 Å². The minimum atomic E-state index is -0.735. The van der Waals surface area contributed by atoms with Crippen molar-refractivity contribution < 1.29 is 13.6 Å². The smallest absolute Gasteiger partial charge is 0.285 e. The van der Waals surface area contributed by atoms with Gasteiger partial charge in [0.05, 0.1) is 12.2 Å². The molecule has 0 spiro atoms. The predicted octanol–water partition coefficient (Wildman–Crippen LogP) is 4.63. The molecule has 6 nitrogen and oxygen atoms in total. The van der Waals surface area contributed by atoms with E-state index in [0.29, 0.717) is 6.54 Å². The zero-order chi connectivity index (χ0) is 21.7. The van der Waals surface area contributed by atoms with Crippen molar-refractivity contribution in [2.24, 2.45) is 7.05 Å². The number of aryl methyl sites for hydroxylation is 1. The Morgan fingerprint density at radius 3 is 2.81 bits per heavy atom. The molecule has 0 aliphatic carbocycles. The highest BCUT2D eigenvalue weighted by atomic mass is 32.1. The van der Waals surface area contributed by atoms with Crippen molar-refractivity contribution in [3.05, 3.63) is 74.7 Å². The summed E-state index contributed by atoms with van der Waals surface area (Å²) < 4.78 is 29.1. The quantitative estimate of drug-likeness (QED) is 0.450. The normalized spacial score (nSPS) is 18.3. The first kappa shape index (κ1) is 20.0. The fourth-order valence-electron chi connectivity index (χ4n) is 3.92. The number of hydrogen-bond donors (Lipinski definition) is 0. The van der Waals surface area contributed by atoms with Gasteiger partial charge < -0.3 is 4.90 Å². The minimum absolute atomic E-state index is 0.0111. The first-order valence-electron chi connectivity index (χ1n) is 9.58. The molecule has 1 aromatic carbocycles. The van der Waals surface area contributed by atoms with Crippen LogP contribution in [-0.2, 0) is 7.05 Å². The Balaban J connectivity index is 1.47. The number of fused-ring (bicyclic) bond motifs is 1. The van der Waals surface area contributed by atoms with Gasteiger partial charge in [0.2, 0.25) is 5.01 Å². The lowest BCUT2D eigenvalue weighted by molar-refractivity contribution is 0.0668. The lowest BCUT2D eigenvalue weighted by Gasteiger charge is -2.37. The van der Waals surface area contributed by atoms with Crippen LogP contribution in [0.25, 0.3) is 10.6 Å². The molecule has 1 aliphatic heterocycles. The van der Waals surface area contributed by atoms with E-state index in [1.807, 2.05) is 31.7 Å². The third-order valence-electron chi connectivity index (χ3n) is 5.49. The van der Waals surface area contributed by atoms with Crippen LogP contribution >= 0.6 is 22.7 Å². The van der Waals surface area contributed by atoms with E-state index >= 15 is 0 Å². The summed E-state index contributed by atoms with van der Waals surface area (Å²) in [5.74, 6) is -1.65. The van der Waals surface area contributed by atoms with Gasteiger partial charge in [0, 0.05) is 42.2 Å². The number of thiophene rings is 1. The molecule has 3 aromatic heterocycles. The maximum atomic E-state index is 14.1. The van der Waals surface area contributed by atoms with Gasteiger partial charge in [0.15, 0.2) is 5.01 Å². The van der Waals surface area contributed by atoms with Crippen LogP contribution in [0.15, 0.2) is 42.0 Å². The molecule has 0 bridgehead atoms. The maximum absolute atomic E-state index is 14.1. The second kappa shape index (κ2) is 7.61. The highest BCUT2D eigenvalue weighted by Crippen LogP contribution is 2.43. The van der Waals surface area contributed by atoms with Gasteiger partial charge in [-0.15, -0.1) is 21.5 Å². The van der Waals surface area contributed by atoms with Gasteiger partial charge in [-0.3, -0.25) is 9.48 Å². The molecule has 158 valence electrons. The van der Waals surface area contributed by atoms with E-state index in [0.717, 1.165) is 33.9 Å². The molecule has 5 rings (SSSR count). The van der Waals surface area contributed by atoms with Gasteiger partial charge in [0.25, 0.3) is 5.91 Å². The van der Waals surface area contributed by atoms with Crippen LogP contribution in [0.2, 0.25) is 0 Å². The molecule has 4 heterocycles. The van der Waals surface area contributed by atoms with Crippen molar-refractivity contribution in [1.82, 2.24) is 24.9 Å². The molecule has 0 radical (unpaired) electrons. The average molecular weight is 458 g/mol. The lowest BCUT2D eigenvalue weighted by atomic mass is 9.88. The van der Waals surface area contributed by atoms with Crippen molar-refractivity contribution in [3.63, 3.8) is 0 Å². The van der Waals surface area contributed by atoms with Gasteiger partial charge in [-0.1, -0.05) is 11.3 Å². The maximum Gasteiger partial charge on any atom is 0.285 e. The molecule has 0 saturated carbocycles. The monoisotopic (exact) mass is 457 g/mol. The fraction of sp³-hybridized carbons (Fsp3) is 0.238. The average Bonchev–Trinajstić information content (AvgIpc) is 3.48. The van der Waals surface area contributed by atoms with Gasteiger partial charge in [-0.25, -0.2) is 8.78 Å². The molecular weight excluding hydrogens is 440 g/mol. The van der Waals surface area contributed by atoms with E-state index in [1.165, 1.54) is 11.6 Å². The molecule has 0 fully saturated rings. The summed E-state index contributed by atoms with van der Waals surface area (Å²) in [6.45, 7) is 2.48. The number of carbonyl (C=O) groups excluding carboxylic acids is 1. The standard InChI is InChI=1S/C21H17F2N5OS2/c1-11-18-14(5-6-30-18)16(12-8-24-27(2)9-12)10-28(11)21(29)20-26-25-19(31-20)15-4-3-13(22)7-17(15)23/h3-9,11,16H,10H2,1-2H3/t11-,16+/m0/s1. The summed E-state index contributed by atoms with van der Waals surface area (Å²) >= 11 is 2.63. The Morgan fingerprint density at radius 1 is 1.23 bits per heavy atom. The number of halogens is 2. The zero-order valence-electron chi connectivity index (χ0n) is 16.6. The van der Waals surface area contributed by atoms with Crippen LogP contribution < -0.4 is 0 Å². The molecule has 0 unspecified atom stereocenters. The SMILES string of the molecule is C[C@H]1c2sccc2[C@@H](c2cnn(C)c2)CN1C(=O)c1nnc(-c2ccc(F)cc2F)s1. The van der Waals surface area contributed by atoms with Crippen molar-refractivity contribution >= 4 is 28.6 Å². The van der Waals surface area contributed by atoms with Crippen molar-refractivity contribution in [1.29, 1.82) is 0 Å². The highest BCUT2D eigenvalue weighted by Gasteiger charge is 2.37. The van der Waals surface area contributed by atoms with E-state index in [4.69, 9.17) is 0 Å². The van der Waals surface area contributed by atoms with Crippen LogP contribution in [0.5, 0.6) is 0 Å². The van der Waals surface area contributed by atoms with E-state index in [9.17, 15) is 13.6 Å². The highest BCUT2D eigenvalue weighted by molar-refractivity contribution is 7.16. The summed E-state index contributed by atoms with van der Waals surface area (Å²) in [6.07, 6.45) is 3.79. The molecule has 0 N–H and O–H groups in total. The zero-order valence-corrected chi connectivity index (χ0v) is 18.3. The molecule has 4 aromatic rings. The van der Waals surface area contributed by atoms with Crippen molar-refractivity contribution in [2.45, 2.75) is 18.9 Å². The van der Waals surface area contributed by atoms with E-state index in [1.54, 1.807) is 20.9 Å². The summed E-state index contributed by atoms with van der Waals surface area (Å²) in [5.41, 5.74) is 2.37. The Morgan fingerprint density at radius 2 is 2.06 bits per heavy atom. The van der Waals surface area contributed by atoms with Gasteiger partial charge in [-0.05, 0) is 41.6 Å². The summed E-state index contributed by atoms with van der Waals surface area (Å²) in [5, 5.41) is 14.7. The third kappa shape index (κ3) is 3.45. The number of amides is 1. The lowest BCUT2D eigenvalue weighted by Crippen LogP contribution is -2.40. The number of hydrogen-bond acceptors (Lipinski definition) is 6. The minimum Gasteiger partial charge on any atom is -0.328 e. The second-order valence-corrected chi connectivity index (χ2v) is 9.34. The van der Waals surface area contributed by atoms with Crippen molar-refractivity contribution in [3.8, 4) is 10.6 Å². The molecule has 1 aliphatic rings. The van der Waals surface area contributed by atoms with Crippen LogP contribution in [0, 0.1) is 11.6 Å².